The zero-order valence-electron chi connectivity index (χ0n) is 9.07. The van der Waals surface area contributed by atoms with Gasteiger partial charge in [0, 0.05) is 11.1 Å². The second-order valence-electron chi connectivity index (χ2n) is 3.41. The minimum Gasteiger partial charge on any atom is -0.468 e. The summed E-state index contributed by atoms with van der Waals surface area (Å²) in [5, 5.41) is 2.36. The van der Waals surface area contributed by atoms with Gasteiger partial charge < -0.3 is 9.47 Å². The molecule has 84 valence electrons. The number of halogens is 1. The highest BCUT2D eigenvalue weighted by atomic mass is 79.9. The number of fused-ring (bicyclic) bond motifs is 1. The number of hydrogen-bond donors (Lipinski definition) is 0. The van der Waals surface area contributed by atoms with Gasteiger partial charge in [0.15, 0.2) is 6.79 Å². The van der Waals surface area contributed by atoms with E-state index in [0.29, 0.717) is 13.4 Å². The summed E-state index contributed by atoms with van der Waals surface area (Å²) in [7, 11) is 0. The first-order valence-corrected chi connectivity index (χ1v) is 5.99. The fraction of sp³-hybridized carbons (Fsp3) is 0.231. The Morgan fingerprint density at radius 2 is 1.81 bits per heavy atom. The van der Waals surface area contributed by atoms with Crippen LogP contribution in [0, 0.1) is 0 Å². The van der Waals surface area contributed by atoms with Gasteiger partial charge in [0.2, 0.25) is 0 Å². The lowest BCUT2D eigenvalue weighted by Crippen LogP contribution is -2.01. The molecule has 3 heteroatoms. The second-order valence-corrected chi connectivity index (χ2v) is 4.32. The molecule has 0 aromatic heterocycles. The predicted octanol–water partition coefficient (Wildman–Crippen LogP) is 3.98. The lowest BCUT2D eigenvalue weighted by Gasteiger charge is -2.07. The molecule has 0 atom stereocenters. The van der Waals surface area contributed by atoms with Crippen molar-refractivity contribution >= 4 is 26.7 Å². The minimum absolute atomic E-state index is 0.304. The molecule has 0 aliphatic heterocycles. The molecule has 0 radical (unpaired) electrons. The highest BCUT2D eigenvalue weighted by Crippen LogP contribution is 2.23. The molecule has 0 bridgehead atoms. The molecule has 2 rings (SSSR count). The Morgan fingerprint density at radius 3 is 2.62 bits per heavy atom. The Kier molecular flexibility index (Phi) is 3.80. The van der Waals surface area contributed by atoms with Gasteiger partial charge in [-0.3, -0.25) is 0 Å². The number of benzene rings is 2. The average molecular weight is 281 g/mol. The standard InChI is InChI=1S/C13H13BrO2/c1-2-15-9-16-13-6-4-10-7-12(14)5-3-11(10)8-13/h3-8H,2,9H2,1H3. The number of hydrogen-bond acceptors (Lipinski definition) is 2. The van der Waals surface area contributed by atoms with Gasteiger partial charge in [-0.15, -0.1) is 0 Å². The summed E-state index contributed by atoms with van der Waals surface area (Å²) in [6.45, 7) is 2.92. The van der Waals surface area contributed by atoms with Crippen LogP contribution in [0.15, 0.2) is 40.9 Å². The normalized spacial score (nSPS) is 10.6. The van der Waals surface area contributed by atoms with Crippen LogP contribution in [0.2, 0.25) is 0 Å². The molecular weight excluding hydrogens is 268 g/mol. The zero-order valence-corrected chi connectivity index (χ0v) is 10.7. The van der Waals surface area contributed by atoms with Gasteiger partial charge >= 0.3 is 0 Å². The summed E-state index contributed by atoms with van der Waals surface area (Å²) in [6.07, 6.45) is 0. The van der Waals surface area contributed by atoms with Crippen LogP contribution in [0.25, 0.3) is 10.8 Å². The van der Waals surface area contributed by atoms with Crippen LogP contribution in [0.3, 0.4) is 0 Å². The van der Waals surface area contributed by atoms with Gasteiger partial charge in [-0.25, -0.2) is 0 Å². The Labute approximate surface area is 103 Å². The largest absolute Gasteiger partial charge is 0.468 e. The summed E-state index contributed by atoms with van der Waals surface area (Å²) in [5.74, 6) is 0.836. The molecule has 2 aromatic carbocycles. The van der Waals surface area contributed by atoms with E-state index in [1.807, 2.05) is 31.2 Å². The van der Waals surface area contributed by atoms with Gasteiger partial charge in [-0.1, -0.05) is 28.1 Å². The maximum absolute atomic E-state index is 5.45. The van der Waals surface area contributed by atoms with Gasteiger partial charge in [0.25, 0.3) is 0 Å². The summed E-state index contributed by atoms with van der Waals surface area (Å²) in [6, 6.07) is 12.2. The SMILES string of the molecule is CCOCOc1ccc2cc(Br)ccc2c1. The van der Waals surface area contributed by atoms with Crippen molar-refractivity contribution < 1.29 is 9.47 Å². The Hall–Kier alpha value is -1.06. The quantitative estimate of drug-likeness (QED) is 0.623. The number of rotatable bonds is 4. The average Bonchev–Trinajstić information content (AvgIpc) is 2.29. The van der Waals surface area contributed by atoms with Gasteiger partial charge in [0.1, 0.15) is 5.75 Å². The highest BCUT2D eigenvalue weighted by molar-refractivity contribution is 9.10. The summed E-state index contributed by atoms with van der Waals surface area (Å²) >= 11 is 3.45. The lowest BCUT2D eigenvalue weighted by molar-refractivity contribution is 0.0225. The molecule has 0 saturated carbocycles. The van der Waals surface area contributed by atoms with Crippen molar-refractivity contribution in [3.8, 4) is 5.75 Å². The highest BCUT2D eigenvalue weighted by Gasteiger charge is 1.98. The molecule has 2 aromatic rings. The Balaban J connectivity index is 2.20. The molecule has 0 heterocycles. The molecule has 0 spiro atoms. The predicted molar refractivity (Wildman–Crippen MR) is 68.8 cm³/mol. The van der Waals surface area contributed by atoms with Gasteiger partial charge in [0.05, 0.1) is 0 Å². The van der Waals surface area contributed by atoms with Crippen molar-refractivity contribution in [1.29, 1.82) is 0 Å². The Bertz CT molecular complexity index is 482. The van der Waals surface area contributed by atoms with E-state index in [1.54, 1.807) is 0 Å². The third-order valence-electron chi connectivity index (χ3n) is 2.29. The van der Waals surface area contributed by atoms with Crippen molar-refractivity contribution in [1.82, 2.24) is 0 Å². The van der Waals surface area contributed by atoms with Crippen molar-refractivity contribution in [2.75, 3.05) is 13.4 Å². The molecule has 0 saturated heterocycles. The first kappa shape index (κ1) is 11.4. The summed E-state index contributed by atoms with van der Waals surface area (Å²) in [5.41, 5.74) is 0. The van der Waals surface area contributed by atoms with Crippen LogP contribution in [0.5, 0.6) is 5.75 Å². The van der Waals surface area contributed by atoms with Crippen LogP contribution >= 0.6 is 15.9 Å². The Morgan fingerprint density at radius 1 is 1.06 bits per heavy atom. The fourth-order valence-corrected chi connectivity index (χ4v) is 1.86. The fourth-order valence-electron chi connectivity index (χ4n) is 1.48. The van der Waals surface area contributed by atoms with Crippen LogP contribution < -0.4 is 4.74 Å². The van der Waals surface area contributed by atoms with Crippen LogP contribution in [0.1, 0.15) is 6.92 Å². The second kappa shape index (κ2) is 5.32. The van der Waals surface area contributed by atoms with E-state index in [0.717, 1.165) is 15.6 Å². The monoisotopic (exact) mass is 280 g/mol. The van der Waals surface area contributed by atoms with E-state index in [9.17, 15) is 0 Å². The molecule has 0 N–H and O–H groups in total. The smallest absolute Gasteiger partial charge is 0.189 e. The van der Waals surface area contributed by atoms with Crippen LogP contribution in [-0.4, -0.2) is 13.4 Å². The van der Waals surface area contributed by atoms with Crippen molar-refractivity contribution in [3.63, 3.8) is 0 Å². The van der Waals surface area contributed by atoms with Crippen molar-refractivity contribution in [2.45, 2.75) is 6.92 Å². The maximum Gasteiger partial charge on any atom is 0.189 e. The topological polar surface area (TPSA) is 18.5 Å². The third kappa shape index (κ3) is 2.74. The van der Waals surface area contributed by atoms with E-state index in [4.69, 9.17) is 9.47 Å². The molecule has 2 nitrogen and oxygen atoms in total. The maximum atomic E-state index is 5.45. The van der Waals surface area contributed by atoms with E-state index >= 15 is 0 Å². The zero-order chi connectivity index (χ0) is 11.4. The first-order chi connectivity index (χ1) is 7.79. The van der Waals surface area contributed by atoms with E-state index in [1.165, 1.54) is 5.39 Å². The van der Waals surface area contributed by atoms with E-state index < -0.39 is 0 Å². The van der Waals surface area contributed by atoms with Crippen molar-refractivity contribution in [3.05, 3.63) is 40.9 Å². The molecule has 16 heavy (non-hydrogen) atoms. The summed E-state index contributed by atoms with van der Waals surface area (Å²) in [4.78, 5) is 0. The molecule has 0 unspecified atom stereocenters. The first-order valence-electron chi connectivity index (χ1n) is 5.19. The molecule has 0 amide bonds. The van der Waals surface area contributed by atoms with Crippen LogP contribution in [-0.2, 0) is 4.74 Å². The van der Waals surface area contributed by atoms with Gasteiger partial charge in [-0.2, -0.15) is 0 Å². The lowest BCUT2D eigenvalue weighted by atomic mass is 10.1. The van der Waals surface area contributed by atoms with E-state index in [-0.39, 0.29) is 0 Å². The molecule has 0 fully saturated rings. The molecule has 0 aliphatic rings. The van der Waals surface area contributed by atoms with E-state index in [2.05, 4.69) is 28.1 Å². The van der Waals surface area contributed by atoms with Gasteiger partial charge in [-0.05, 0) is 42.0 Å². The molecular formula is C13H13BrO2. The van der Waals surface area contributed by atoms with Crippen molar-refractivity contribution in [2.24, 2.45) is 0 Å². The third-order valence-corrected chi connectivity index (χ3v) is 2.78. The van der Waals surface area contributed by atoms with Crippen LogP contribution in [0.4, 0.5) is 0 Å². The number of ether oxygens (including phenoxy) is 2. The molecule has 0 aliphatic carbocycles. The summed E-state index contributed by atoms with van der Waals surface area (Å²) < 4.78 is 11.7. The minimum atomic E-state index is 0.304.